The molecule has 1 fully saturated rings. The molecule has 1 unspecified atom stereocenters. The van der Waals surface area contributed by atoms with E-state index in [0.29, 0.717) is 0 Å². The molecule has 14 heavy (non-hydrogen) atoms. The minimum absolute atomic E-state index is 0.174. The van der Waals surface area contributed by atoms with Crippen LogP contribution in [0.2, 0.25) is 0 Å². The molecule has 4 nitrogen and oxygen atoms in total. The monoisotopic (exact) mass is 198 g/mol. The molecule has 1 heterocycles. The van der Waals surface area contributed by atoms with E-state index >= 15 is 0 Å². The van der Waals surface area contributed by atoms with Crippen molar-refractivity contribution in [3.8, 4) is 0 Å². The molecule has 0 aromatic heterocycles. The SMILES string of the molecule is CCCCCC(C)N1CC(=O)NC1=O. The van der Waals surface area contributed by atoms with Crippen molar-refractivity contribution in [2.24, 2.45) is 0 Å². The van der Waals surface area contributed by atoms with Gasteiger partial charge in [0, 0.05) is 6.04 Å². The minimum Gasteiger partial charge on any atom is -0.312 e. The molecular weight excluding hydrogens is 180 g/mol. The zero-order valence-corrected chi connectivity index (χ0v) is 8.88. The van der Waals surface area contributed by atoms with Gasteiger partial charge in [-0.15, -0.1) is 0 Å². The fraction of sp³-hybridized carbons (Fsp3) is 0.800. The van der Waals surface area contributed by atoms with Crippen LogP contribution in [0.25, 0.3) is 0 Å². The Bertz CT molecular complexity index is 228. The van der Waals surface area contributed by atoms with E-state index in [2.05, 4.69) is 12.2 Å². The van der Waals surface area contributed by atoms with Gasteiger partial charge in [-0.2, -0.15) is 0 Å². The van der Waals surface area contributed by atoms with Crippen LogP contribution in [0.5, 0.6) is 0 Å². The van der Waals surface area contributed by atoms with Gasteiger partial charge in [0.25, 0.3) is 0 Å². The number of rotatable bonds is 5. The summed E-state index contributed by atoms with van der Waals surface area (Å²) in [6.45, 7) is 4.37. The van der Waals surface area contributed by atoms with E-state index in [1.807, 2.05) is 6.92 Å². The Morgan fingerprint density at radius 3 is 2.64 bits per heavy atom. The highest BCUT2D eigenvalue weighted by Crippen LogP contribution is 2.12. The molecule has 0 spiro atoms. The molecule has 0 radical (unpaired) electrons. The lowest BCUT2D eigenvalue weighted by Gasteiger charge is -2.21. The summed E-state index contributed by atoms with van der Waals surface area (Å²) in [5.41, 5.74) is 0. The Labute approximate surface area is 84.7 Å². The highest BCUT2D eigenvalue weighted by molar-refractivity contribution is 6.02. The molecule has 1 rings (SSSR count). The Morgan fingerprint density at radius 1 is 1.43 bits per heavy atom. The van der Waals surface area contributed by atoms with Gasteiger partial charge in [0.15, 0.2) is 0 Å². The van der Waals surface area contributed by atoms with Gasteiger partial charge in [-0.05, 0) is 13.3 Å². The quantitative estimate of drug-likeness (QED) is 0.537. The second-order valence-corrected chi connectivity index (χ2v) is 3.83. The van der Waals surface area contributed by atoms with Crippen molar-refractivity contribution in [3.05, 3.63) is 0 Å². The summed E-state index contributed by atoms with van der Waals surface area (Å²) in [4.78, 5) is 23.8. The van der Waals surface area contributed by atoms with Gasteiger partial charge < -0.3 is 4.90 Å². The van der Waals surface area contributed by atoms with E-state index in [-0.39, 0.29) is 24.5 Å². The molecule has 3 amide bonds. The van der Waals surface area contributed by atoms with Crippen molar-refractivity contribution in [1.29, 1.82) is 0 Å². The molecule has 0 saturated carbocycles. The van der Waals surface area contributed by atoms with Crippen LogP contribution in [0.4, 0.5) is 4.79 Å². The zero-order chi connectivity index (χ0) is 10.6. The highest BCUT2D eigenvalue weighted by atomic mass is 16.2. The summed E-state index contributed by atoms with van der Waals surface area (Å²) in [5, 5.41) is 2.29. The fourth-order valence-electron chi connectivity index (χ4n) is 1.66. The minimum atomic E-state index is -0.237. The van der Waals surface area contributed by atoms with Gasteiger partial charge in [-0.1, -0.05) is 26.2 Å². The van der Waals surface area contributed by atoms with Crippen molar-refractivity contribution in [2.45, 2.75) is 45.6 Å². The number of carbonyl (C=O) groups excluding carboxylic acids is 2. The van der Waals surface area contributed by atoms with E-state index in [1.54, 1.807) is 4.90 Å². The Morgan fingerprint density at radius 2 is 2.14 bits per heavy atom. The number of hydrogen-bond acceptors (Lipinski definition) is 2. The lowest BCUT2D eigenvalue weighted by atomic mass is 10.1. The second-order valence-electron chi connectivity index (χ2n) is 3.83. The van der Waals surface area contributed by atoms with Gasteiger partial charge in [0.05, 0.1) is 0 Å². The summed E-state index contributed by atoms with van der Waals surface area (Å²) < 4.78 is 0. The van der Waals surface area contributed by atoms with Crippen molar-refractivity contribution in [1.82, 2.24) is 10.2 Å². The molecule has 80 valence electrons. The maximum Gasteiger partial charge on any atom is 0.324 e. The van der Waals surface area contributed by atoms with Gasteiger partial charge in [-0.25, -0.2) is 4.79 Å². The second kappa shape index (κ2) is 4.98. The standard InChI is InChI=1S/C10H18N2O2/c1-3-4-5-6-8(2)12-7-9(13)11-10(12)14/h8H,3-7H2,1-2H3,(H,11,13,14). The first-order chi connectivity index (χ1) is 6.65. The van der Waals surface area contributed by atoms with Crippen LogP contribution in [0.3, 0.4) is 0 Å². The van der Waals surface area contributed by atoms with Crippen LogP contribution >= 0.6 is 0 Å². The van der Waals surface area contributed by atoms with Gasteiger partial charge >= 0.3 is 6.03 Å². The number of amides is 3. The van der Waals surface area contributed by atoms with Crippen molar-refractivity contribution >= 4 is 11.9 Å². The molecule has 0 aromatic carbocycles. The number of imide groups is 1. The van der Waals surface area contributed by atoms with E-state index in [1.165, 1.54) is 12.8 Å². The van der Waals surface area contributed by atoms with Crippen LogP contribution in [0.1, 0.15) is 39.5 Å². The third-order valence-electron chi connectivity index (χ3n) is 2.58. The number of carbonyl (C=O) groups is 2. The van der Waals surface area contributed by atoms with Crippen LogP contribution in [0, 0.1) is 0 Å². The number of urea groups is 1. The number of hydrogen-bond donors (Lipinski definition) is 1. The smallest absolute Gasteiger partial charge is 0.312 e. The lowest BCUT2D eigenvalue weighted by molar-refractivity contribution is -0.118. The van der Waals surface area contributed by atoms with E-state index in [4.69, 9.17) is 0 Å². The third kappa shape index (κ3) is 2.72. The molecule has 1 atom stereocenters. The first-order valence-electron chi connectivity index (χ1n) is 5.25. The molecule has 0 aliphatic carbocycles. The van der Waals surface area contributed by atoms with Crippen LogP contribution in [0.15, 0.2) is 0 Å². The van der Waals surface area contributed by atoms with E-state index < -0.39 is 0 Å². The predicted molar refractivity (Wildman–Crippen MR) is 53.8 cm³/mol. The number of nitrogens with one attached hydrogen (secondary N) is 1. The Balaban J connectivity index is 2.33. The van der Waals surface area contributed by atoms with Gasteiger partial charge in [-0.3, -0.25) is 10.1 Å². The van der Waals surface area contributed by atoms with Crippen LogP contribution in [-0.2, 0) is 4.79 Å². The van der Waals surface area contributed by atoms with Crippen molar-refractivity contribution in [2.75, 3.05) is 6.54 Å². The first kappa shape index (κ1) is 11.0. The normalized spacial score (nSPS) is 18.6. The predicted octanol–water partition coefficient (Wildman–Crippen LogP) is 1.51. The molecule has 4 heteroatoms. The van der Waals surface area contributed by atoms with Crippen LogP contribution in [-0.4, -0.2) is 29.4 Å². The van der Waals surface area contributed by atoms with Crippen molar-refractivity contribution in [3.63, 3.8) is 0 Å². The fourth-order valence-corrected chi connectivity index (χ4v) is 1.66. The highest BCUT2D eigenvalue weighted by Gasteiger charge is 2.29. The van der Waals surface area contributed by atoms with Gasteiger partial charge in [0.1, 0.15) is 6.54 Å². The van der Waals surface area contributed by atoms with E-state index in [9.17, 15) is 9.59 Å². The van der Waals surface area contributed by atoms with Crippen LogP contribution < -0.4 is 5.32 Å². The Kier molecular flexibility index (Phi) is 3.92. The summed E-state index contributed by atoms with van der Waals surface area (Å²) in [7, 11) is 0. The van der Waals surface area contributed by atoms with Crippen molar-refractivity contribution < 1.29 is 9.59 Å². The average Bonchev–Trinajstić information content (AvgIpc) is 2.45. The maximum atomic E-state index is 11.3. The summed E-state index contributed by atoms with van der Waals surface area (Å²) in [6.07, 6.45) is 4.47. The first-order valence-corrected chi connectivity index (χ1v) is 5.25. The maximum absolute atomic E-state index is 11.3. The lowest BCUT2D eigenvalue weighted by Crippen LogP contribution is -2.35. The summed E-state index contributed by atoms with van der Waals surface area (Å²) in [5.74, 6) is -0.183. The molecule has 1 N–H and O–H groups in total. The molecule has 0 aromatic rings. The molecule has 1 saturated heterocycles. The molecule has 0 bridgehead atoms. The largest absolute Gasteiger partial charge is 0.324 e. The zero-order valence-electron chi connectivity index (χ0n) is 8.88. The topological polar surface area (TPSA) is 49.4 Å². The number of nitrogens with zero attached hydrogens (tertiary/aromatic N) is 1. The third-order valence-corrected chi connectivity index (χ3v) is 2.58. The number of unbranched alkanes of at least 4 members (excludes halogenated alkanes) is 2. The van der Waals surface area contributed by atoms with E-state index in [0.717, 1.165) is 12.8 Å². The summed E-state index contributed by atoms with van der Waals surface area (Å²) >= 11 is 0. The molecule has 1 aliphatic heterocycles. The van der Waals surface area contributed by atoms with Gasteiger partial charge in [0.2, 0.25) is 5.91 Å². The molecule has 1 aliphatic rings. The Hall–Kier alpha value is -1.06. The average molecular weight is 198 g/mol. The molecular formula is C10H18N2O2. The summed E-state index contributed by atoms with van der Waals surface area (Å²) in [6, 6.07) is -0.0630.